The predicted octanol–water partition coefficient (Wildman–Crippen LogP) is 0.122. The molecular weight excluding hydrogens is 212 g/mol. The third-order valence-electron chi connectivity index (χ3n) is 2.03. The monoisotopic (exact) mass is 226 g/mol. The van der Waals surface area contributed by atoms with Crippen molar-refractivity contribution < 1.29 is 19.1 Å². The van der Waals surface area contributed by atoms with Crippen LogP contribution >= 0.6 is 0 Å². The summed E-state index contributed by atoms with van der Waals surface area (Å²) in [7, 11) is 1.55. The van der Waals surface area contributed by atoms with E-state index in [-0.39, 0.29) is 18.2 Å². The highest BCUT2D eigenvalue weighted by atomic mass is 16.4. The molecule has 0 saturated heterocycles. The van der Waals surface area contributed by atoms with E-state index in [1.54, 1.807) is 20.0 Å². The fourth-order valence-corrected chi connectivity index (χ4v) is 1.24. The molecule has 6 heteroatoms. The first-order valence-electron chi connectivity index (χ1n) is 4.78. The Balaban J connectivity index is 2.52. The van der Waals surface area contributed by atoms with Crippen molar-refractivity contribution in [2.75, 3.05) is 13.6 Å². The van der Waals surface area contributed by atoms with Crippen LogP contribution in [0.5, 0.6) is 0 Å². The van der Waals surface area contributed by atoms with Crippen LogP contribution in [0.3, 0.4) is 0 Å². The SMILES string of the molecule is CNC(=O)CNCc1cc(C)c(C(=O)O)o1. The molecule has 0 fully saturated rings. The van der Waals surface area contributed by atoms with Crippen molar-refractivity contribution in [1.82, 2.24) is 10.6 Å². The van der Waals surface area contributed by atoms with Gasteiger partial charge in [-0.1, -0.05) is 0 Å². The Labute approximate surface area is 92.6 Å². The molecule has 16 heavy (non-hydrogen) atoms. The van der Waals surface area contributed by atoms with Crippen molar-refractivity contribution in [3.8, 4) is 0 Å². The molecule has 0 aromatic carbocycles. The van der Waals surface area contributed by atoms with Crippen LogP contribution in [0, 0.1) is 6.92 Å². The van der Waals surface area contributed by atoms with Crippen molar-refractivity contribution >= 4 is 11.9 Å². The molecule has 0 spiro atoms. The highest BCUT2D eigenvalue weighted by Gasteiger charge is 2.13. The number of aryl methyl sites for hydroxylation is 1. The van der Waals surface area contributed by atoms with Gasteiger partial charge in [0.1, 0.15) is 5.76 Å². The minimum atomic E-state index is -1.09. The average Bonchev–Trinajstić information content (AvgIpc) is 2.59. The Bertz CT molecular complexity index is 398. The summed E-state index contributed by atoms with van der Waals surface area (Å²) >= 11 is 0. The van der Waals surface area contributed by atoms with Gasteiger partial charge in [0.05, 0.1) is 13.1 Å². The minimum Gasteiger partial charge on any atom is -0.475 e. The third kappa shape index (κ3) is 3.09. The Morgan fingerprint density at radius 2 is 2.19 bits per heavy atom. The molecule has 0 aliphatic rings. The van der Waals surface area contributed by atoms with Gasteiger partial charge in [-0.25, -0.2) is 4.79 Å². The Morgan fingerprint density at radius 3 is 2.69 bits per heavy atom. The summed E-state index contributed by atoms with van der Waals surface area (Å²) in [6, 6.07) is 1.64. The molecule has 0 saturated carbocycles. The maximum atomic E-state index is 10.9. The van der Waals surface area contributed by atoms with E-state index in [2.05, 4.69) is 10.6 Å². The summed E-state index contributed by atoms with van der Waals surface area (Å²) < 4.78 is 5.10. The zero-order valence-corrected chi connectivity index (χ0v) is 9.16. The molecule has 1 rings (SSSR count). The lowest BCUT2D eigenvalue weighted by Crippen LogP contribution is -2.30. The van der Waals surface area contributed by atoms with E-state index in [9.17, 15) is 9.59 Å². The van der Waals surface area contributed by atoms with Gasteiger partial charge in [-0.2, -0.15) is 0 Å². The summed E-state index contributed by atoms with van der Waals surface area (Å²) in [6.45, 7) is 2.15. The molecule has 1 amide bonds. The third-order valence-corrected chi connectivity index (χ3v) is 2.03. The van der Waals surface area contributed by atoms with Crippen molar-refractivity contribution in [1.29, 1.82) is 0 Å². The molecule has 1 aromatic heterocycles. The summed E-state index contributed by atoms with van der Waals surface area (Å²) in [5.41, 5.74) is 0.573. The smallest absolute Gasteiger partial charge is 0.372 e. The van der Waals surface area contributed by atoms with Crippen LogP contribution in [0.4, 0.5) is 0 Å². The maximum absolute atomic E-state index is 10.9. The first-order valence-corrected chi connectivity index (χ1v) is 4.78. The standard InChI is InChI=1S/C10H14N2O4/c1-6-3-7(16-9(6)10(14)15)4-12-5-8(13)11-2/h3,12H,4-5H2,1-2H3,(H,11,13)(H,14,15). The summed E-state index contributed by atoms with van der Waals surface area (Å²) in [4.78, 5) is 21.6. The molecule has 0 bridgehead atoms. The van der Waals surface area contributed by atoms with Gasteiger partial charge in [-0.3, -0.25) is 4.79 Å². The van der Waals surface area contributed by atoms with Crippen molar-refractivity contribution in [3.63, 3.8) is 0 Å². The van der Waals surface area contributed by atoms with Crippen LogP contribution in [0.2, 0.25) is 0 Å². The largest absolute Gasteiger partial charge is 0.475 e. The maximum Gasteiger partial charge on any atom is 0.372 e. The van der Waals surface area contributed by atoms with E-state index in [4.69, 9.17) is 9.52 Å². The fourth-order valence-electron chi connectivity index (χ4n) is 1.24. The van der Waals surface area contributed by atoms with Gasteiger partial charge in [-0.15, -0.1) is 0 Å². The van der Waals surface area contributed by atoms with Gasteiger partial charge in [0.25, 0.3) is 0 Å². The van der Waals surface area contributed by atoms with E-state index in [1.807, 2.05) is 0 Å². The lowest BCUT2D eigenvalue weighted by molar-refractivity contribution is -0.119. The molecule has 0 unspecified atom stereocenters. The number of rotatable bonds is 5. The van der Waals surface area contributed by atoms with E-state index < -0.39 is 5.97 Å². The number of aromatic carboxylic acids is 1. The summed E-state index contributed by atoms with van der Waals surface area (Å²) in [6.07, 6.45) is 0. The second kappa shape index (κ2) is 5.32. The lowest BCUT2D eigenvalue weighted by atomic mass is 10.2. The number of nitrogens with one attached hydrogen (secondary N) is 2. The predicted molar refractivity (Wildman–Crippen MR) is 56.2 cm³/mol. The van der Waals surface area contributed by atoms with Crippen LogP contribution in [0.15, 0.2) is 10.5 Å². The lowest BCUT2D eigenvalue weighted by Gasteiger charge is -2.00. The second-order valence-electron chi connectivity index (χ2n) is 3.31. The van der Waals surface area contributed by atoms with Crippen LogP contribution in [-0.2, 0) is 11.3 Å². The van der Waals surface area contributed by atoms with Crippen LogP contribution in [0.1, 0.15) is 21.9 Å². The number of carboxylic acid groups (broad SMARTS) is 1. The molecule has 1 aromatic rings. The number of carboxylic acids is 1. The van der Waals surface area contributed by atoms with E-state index >= 15 is 0 Å². The first kappa shape index (κ1) is 12.3. The van der Waals surface area contributed by atoms with Gasteiger partial charge in [0.2, 0.25) is 11.7 Å². The number of furan rings is 1. The van der Waals surface area contributed by atoms with Crippen LogP contribution < -0.4 is 10.6 Å². The molecule has 0 aliphatic carbocycles. The minimum absolute atomic E-state index is 0.0586. The van der Waals surface area contributed by atoms with Gasteiger partial charge in [0.15, 0.2) is 0 Å². The van der Waals surface area contributed by atoms with Gasteiger partial charge in [0, 0.05) is 12.6 Å². The molecule has 3 N–H and O–H groups in total. The Hall–Kier alpha value is -1.82. The average molecular weight is 226 g/mol. The quantitative estimate of drug-likeness (QED) is 0.663. The molecule has 1 heterocycles. The molecule has 0 radical (unpaired) electrons. The molecule has 6 nitrogen and oxygen atoms in total. The van der Waals surface area contributed by atoms with E-state index in [1.165, 1.54) is 0 Å². The normalized spacial score (nSPS) is 10.1. The highest BCUT2D eigenvalue weighted by molar-refractivity contribution is 5.86. The number of hydrogen-bond acceptors (Lipinski definition) is 4. The molecule has 0 atom stereocenters. The van der Waals surface area contributed by atoms with Gasteiger partial charge < -0.3 is 20.2 Å². The van der Waals surface area contributed by atoms with Crippen LogP contribution in [0.25, 0.3) is 0 Å². The van der Waals surface area contributed by atoms with Gasteiger partial charge in [-0.05, 0) is 13.0 Å². The topological polar surface area (TPSA) is 91.6 Å². The molecular formula is C10H14N2O4. The number of amides is 1. The Kier molecular flexibility index (Phi) is 4.07. The molecule has 0 aliphatic heterocycles. The zero-order valence-electron chi connectivity index (χ0n) is 9.16. The number of carbonyl (C=O) groups is 2. The summed E-state index contributed by atoms with van der Waals surface area (Å²) in [5.74, 6) is -0.785. The second-order valence-corrected chi connectivity index (χ2v) is 3.31. The number of hydrogen-bond donors (Lipinski definition) is 3. The van der Waals surface area contributed by atoms with Crippen LogP contribution in [-0.4, -0.2) is 30.6 Å². The fraction of sp³-hybridized carbons (Fsp3) is 0.400. The number of likely N-dealkylation sites (N-methyl/N-ethyl adjacent to an activating group) is 1. The molecule has 88 valence electrons. The zero-order chi connectivity index (χ0) is 12.1. The van der Waals surface area contributed by atoms with E-state index in [0.717, 1.165) is 0 Å². The number of carbonyl (C=O) groups excluding carboxylic acids is 1. The Morgan fingerprint density at radius 1 is 1.50 bits per heavy atom. The first-order chi connectivity index (χ1) is 7.54. The van der Waals surface area contributed by atoms with Crippen molar-refractivity contribution in [3.05, 3.63) is 23.2 Å². The van der Waals surface area contributed by atoms with E-state index in [0.29, 0.717) is 17.9 Å². The highest BCUT2D eigenvalue weighted by Crippen LogP contribution is 2.14. The van der Waals surface area contributed by atoms with Gasteiger partial charge >= 0.3 is 5.97 Å². The summed E-state index contributed by atoms with van der Waals surface area (Å²) in [5, 5.41) is 14.0. The van der Waals surface area contributed by atoms with Crippen molar-refractivity contribution in [2.24, 2.45) is 0 Å². The van der Waals surface area contributed by atoms with Crippen molar-refractivity contribution in [2.45, 2.75) is 13.5 Å².